The number of ether oxygens (including phenoxy) is 4. The molecule has 540 valence electrons. The van der Waals surface area contributed by atoms with Gasteiger partial charge in [0, 0.05) is 25.7 Å². The highest BCUT2D eigenvalue weighted by molar-refractivity contribution is 7.47. The van der Waals surface area contributed by atoms with Crippen molar-refractivity contribution in [3.05, 3.63) is 0 Å². The Balaban J connectivity index is 5.17. The van der Waals surface area contributed by atoms with Crippen molar-refractivity contribution < 1.29 is 80.2 Å². The molecular formula is C72H140O17P2. The van der Waals surface area contributed by atoms with E-state index in [-0.39, 0.29) is 25.7 Å². The van der Waals surface area contributed by atoms with Crippen LogP contribution in [0.4, 0.5) is 0 Å². The molecule has 0 bridgehead atoms. The fraction of sp³-hybridized carbons (Fsp3) is 0.944. The summed E-state index contributed by atoms with van der Waals surface area (Å²) in [7, 11) is -9.90. The van der Waals surface area contributed by atoms with Crippen LogP contribution in [0.1, 0.15) is 363 Å². The SMILES string of the molecule is CCCCCCCCCCC(=O)OC[C@H](COP(=O)(O)OC[C@H](O)COP(=O)(O)OC[C@@H](COC(=O)CCCCCCCCCCC(C)CC)OC(=O)CCCCCCCCCCCCCCCCCCCCC(C)C)OC(=O)CCCCCCCCC(C)CC. The smallest absolute Gasteiger partial charge is 0.462 e. The third kappa shape index (κ3) is 63.9. The summed E-state index contributed by atoms with van der Waals surface area (Å²) in [6.45, 7) is 11.8. The van der Waals surface area contributed by atoms with Gasteiger partial charge in [-0.05, 0) is 43.4 Å². The molecule has 0 aliphatic rings. The maximum Gasteiger partial charge on any atom is 0.472 e. The zero-order chi connectivity index (χ0) is 67.3. The highest BCUT2D eigenvalue weighted by Crippen LogP contribution is 2.45. The number of hydrogen-bond donors (Lipinski definition) is 3. The Morgan fingerprint density at radius 2 is 0.560 bits per heavy atom. The summed E-state index contributed by atoms with van der Waals surface area (Å²) in [5.41, 5.74) is 0. The minimum atomic E-state index is -4.95. The summed E-state index contributed by atoms with van der Waals surface area (Å²) in [6, 6.07) is 0. The number of aliphatic hydroxyl groups excluding tert-OH is 1. The number of aliphatic hydroxyl groups is 1. The van der Waals surface area contributed by atoms with Crippen molar-refractivity contribution in [2.45, 2.75) is 381 Å². The molecule has 0 aromatic heterocycles. The minimum Gasteiger partial charge on any atom is -0.462 e. The van der Waals surface area contributed by atoms with E-state index < -0.39 is 97.5 Å². The number of hydrogen-bond acceptors (Lipinski definition) is 15. The van der Waals surface area contributed by atoms with E-state index in [9.17, 15) is 43.2 Å². The summed E-state index contributed by atoms with van der Waals surface area (Å²) in [6.07, 6.45) is 47.4. The molecule has 3 N–H and O–H groups in total. The average molecular weight is 1340 g/mol. The molecule has 0 amide bonds. The third-order valence-electron chi connectivity index (χ3n) is 17.4. The number of phosphoric acid groups is 2. The molecule has 19 heteroatoms. The van der Waals surface area contributed by atoms with Crippen LogP contribution in [0.5, 0.6) is 0 Å². The maximum atomic E-state index is 13.0. The van der Waals surface area contributed by atoms with E-state index in [0.29, 0.717) is 25.7 Å². The van der Waals surface area contributed by atoms with E-state index >= 15 is 0 Å². The Hall–Kier alpha value is -1.94. The van der Waals surface area contributed by atoms with Crippen molar-refractivity contribution in [3.63, 3.8) is 0 Å². The molecule has 4 unspecified atom stereocenters. The lowest BCUT2D eigenvalue weighted by molar-refractivity contribution is -0.161. The summed E-state index contributed by atoms with van der Waals surface area (Å²) in [5, 5.41) is 10.6. The normalized spacial score (nSPS) is 14.8. The number of carbonyl (C=O) groups is 4. The minimum absolute atomic E-state index is 0.103. The molecule has 17 nitrogen and oxygen atoms in total. The van der Waals surface area contributed by atoms with E-state index in [1.807, 2.05) is 0 Å². The number of phosphoric ester groups is 2. The summed E-state index contributed by atoms with van der Waals surface area (Å²) >= 11 is 0. The summed E-state index contributed by atoms with van der Waals surface area (Å²) in [5.74, 6) is 0.188. The molecule has 0 fully saturated rings. The largest absolute Gasteiger partial charge is 0.472 e. The van der Waals surface area contributed by atoms with E-state index in [1.165, 1.54) is 167 Å². The van der Waals surface area contributed by atoms with Gasteiger partial charge >= 0.3 is 39.5 Å². The van der Waals surface area contributed by atoms with Gasteiger partial charge in [-0.3, -0.25) is 37.3 Å². The first-order valence-electron chi connectivity index (χ1n) is 37.4. The van der Waals surface area contributed by atoms with Crippen LogP contribution in [-0.2, 0) is 65.4 Å². The lowest BCUT2D eigenvalue weighted by Gasteiger charge is -2.21. The maximum absolute atomic E-state index is 13.0. The zero-order valence-corrected chi connectivity index (χ0v) is 61.1. The fourth-order valence-corrected chi connectivity index (χ4v) is 12.4. The molecule has 0 aromatic carbocycles. The van der Waals surface area contributed by atoms with Crippen LogP contribution in [-0.4, -0.2) is 96.7 Å². The lowest BCUT2D eigenvalue weighted by Crippen LogP contribution is -2.30. The van der Waals surface area contributed by atoms with Gasteiger partial charge in [-0.15, -0.1) is 0 Å². The summed E-state index contributed by atoms with van der Waals surface area (Å²) in [4.78, 5) is 72.5. The molecule has 0 aliphatic carbocycles. The number of carbonyl (C=O) groups excluding carboxylic acids is 4. The quantitative estimate of drug-likeness (QED) is 0.0222. The highest BCUT2D eigenvalue weighted by atomic mass is 31.2. The standard InChI is InChI=1S/C72H140O17P2/c1-8-11-12-13-14-31-39-46-53-69(74)82-60-68(89-72(77)56-49-42-35-34-38-45-52-65(7)10-3)62-87-91(80,81)85-58-66(73)57-84-90(78,79)86-61-67(59-83-70(75)54-47-40-32-28-27-30-37-44-51-64(6)9-2)88-71(76)55-48-41-33-26-24-22-20-18-16-15-17-19-21-23-25-29-36-43-50-63(4)5/h63-68,73H,8-62H2,1-7H3,(H,78,79)(H,80,81)/t64?,65?,66-,67-,68-/m1/s1. The molecule has 0 rings (SSSR count). The van der Waals surface area contributed by atoms with Crippen LogP contribution in [0.25, 0.3) is 0 Å². The van der Waals surface area contributed by atoms with Gasteiger partial charge in [0.05, 0.1) is 26.4 Å². The first-order valence-corrected chi connectivity index (χ1v) is 40.4. The Labute approximate surface area is 556 Å². The van der Waals surface area contributed by atoms with E-state index in [0.717, 1.165) is 114 Å². The van der Waals surface area contributed by atoms with Gasteiger partial charge in [-0.1, -0.05) is 312 Å². The first-order chi connectivity index (χ1) is 43.8. The Morgan fingerprint density at radius 1 is 0.319 bits per heavy atom. The molecule has 91 heavy (non-hydrogen) atoms. The van der Waals surface area contributed by atoms with Crippen LogP contribution in [0.2, 0.25) is 0 Å². The van der Waals surface area contributed by atoms with Crippen molar-refractivity contribution in [2.75, 3.05) is 39.6 Å². The Kier molecular flexibility index (Phi) is 61.5. The molecule has 7 atom stereocenters. The second-order valence-corrected chi connectivity index (χ2v) is 29.8. The van der Waals surface area contributed by atoms with Crippen LogP contribution in [0.3, 0.4) is 0 Å². The topological polar surface area (TPSA) is 237 Å². The number of unbranched alkanes of at least 4 members (excludes halogenated alkanes) is 36. The molecule has 0 aromatic rings. The average Bonchev–Trinajstić information content (AvgIpc) is 3.73. The first kappa shape index (κ1) is 89.1. The number of esters is 4. The van der Waals surface area contributed by atoms with Crippen LogP contribution >= 0.6 is 15.6 Å². The van der Waals surface area contributed by atoms with Gasteiger partial charge < -0.3 is 33.8 Å². The summed E-state index contributed by atoms with van der Waals surface area (Å²) < 4.78 is 68.2. The Morgan fingerprint density at radius 3 is 0.835 bits per heavy atom. The van der Waals surface area contributed by atoms with Crippen molar-refractivity contribution in [2.24, 2.45) is 17.8 Å². The van der Waals surface area contributed by atoms with Gasteiger partial charge in [-0.25, -0.2) is 9.13 Å². The van der Waals surface area contributed by atoms with Crippen molar-refractivity contribution >= 4 is 39.5 Å². The molecule has 0 heterocycles. The van der Waals surface area contributed by atoms with Crippen molar-refractivity contribution in [1.29, 1.82) is 0 Å². The van der Waals surface area contributed by atoms with Crippen LogP contribution in [0.15, 0.2) is 0 Å². The second kappa shape index (κ2) is 62.8. The number of rotatable bonds is 70. The van der Waals surface area contributed by atoms with Gasteiger partial charge in [0.2, 0.25) is 0 Å². The van der Waals surface area contributed by atoms with Gasteiger partial charge in [0.1, 0.15) is 19.3 Å². The van der Waals surface area contributed by atoms with Gasteiger partial charge in [0.15, 0.2) is 12.2 Å². The molecular weight excluding hydrogens is 1200 g/mol. The fourth-order valence-electron chi connectivity index (χ4n) is 10.8. The predicted octanol–water partition coefficient (Wildman–Crippen LogP) is 20.6. The van der Waals surface area contributed by atoms with Crippen molar-refractivity contribution in [3.8, 4) is 0 Å². The van der Waals surface area contributed by atoms with E-state index in [4.69, 9.17) is 37.0 Å². The van der Waals surface area contributed by atoms with E-state index in [1.54, 1.807) is 0 Å². The Bertz CT molecular complexity index is 1790. The zero-order valence-electron chi connectivity index (χ0n) is 59.3. The lowest BCUT2D eigenvalue weighted by atomic mass is 9.99. The molecule has 0 aliphatic heterocycles. The molecule has 0 saturated heterocycles. The third-order valence-corrected chi connectivity index (χ3v) is 19.3. The monoisotopic (exact) mass is 1340 g/mol. The molecule has 0 spiro atoms. The highest BCUT2D eigenvalue weighted by Gasteiger charge is 2.30. The van der Waals surface area contributed by atoms with Gasteiger partial charge in [-0.2, -0.15) is 0 Å². The van der Waals surface area contributed by atoms with Gasteiger partial charge in [0.25, 0.3) is 0 Å². The second-order valence-electron chi connectivity index (χ2n) is 26.9. The predicted molar refractivity (Wildman–Crippen MR) is 368 cm³/mol. The van der Waals surface area contributed by atoms with Crippen LogP contribution in [0, 0.1) is 17.8 Å². The van der Waals surface area contributed by atoms with Crippen LogP contribution < -0.4 is 0 Å². The van der Waals surface area contributed by atoms with E-state index in [2.05, 4.69) is 48.5 Å². The molecule has 0 saturated carbocycles. The van der Waals surface area contributed by atoms with Crippen molar-refractivity contribution in [1.82, 2.24) is 0 Å². The molecule has 0 radical (unpaired) electrons.